The molecule has 0 amide bonds. The van der Waals surface area contributed by atoms with Gasteiger partial charge < -0.3 is 5.32 Å². The van der Waals surface area contributed by atoms with Gasteiger partial charge in [0.1, 0.15) is 5.78 Å². The SMILES string of the molecule is CC(C)(Nc1ccc(Cl)cc1)C1CCC(=O)CC1. The van der Waals surface area contributed by atoms with Crippen LogP contribution in [-0.2, 0) is 4.79 Å². The maximum Gasteiger partial charge on any atom is 0.132 e. The zero-order chi connectivity index (χ0) is 13.2. The van der Waals surface area contributed by atoms with E-state index in [9.17, 15) is 4.79 Å². The molecule has 1 aromatic rings. The Labute approximate surface area is 114 Å². The number of hydrogen-bond donors (Lipinski definition) is 1. The highest BCUT2D eigenvalue weighted by atomic mass is 35.5. The molecular formula is C15H20ClNO. The highest BCUT2D eigenvalue weighted by Gasteiger charge is 2.32. The fourth-order valence-electron chi connectivity index (χ4n) is 2.67. The van der Waals surface area contributed by atoms with E-state index in [4.69, 9.17) is 11.6 Å². The third kappa shape index (κ3) is 3.26. The van der Waals surface area contributed by atoms with Gasteiger partial charge in [-0.2, -0.15) is 0 Å². The van der Waals surface area contributed by atoms with E-state index < -0.39 is 0 Å². The molecule has 0 radical (unpaired) electrons. The van der Waals surface area contributed by atoms with Gasteiger partial charge in [-0.1, -0.05) is 11.6 Å². The van der Waals surface area contributed by atoms with Crippen molar-refractivity contribution in [2.45, 2.75) is 45.1 Å². The van der Waals surface area contributed by atoms with Crippen molar-refractivity contribution in [3.63, 3.8) is 0 Å². The molecular weight excluding hydrogens is 246 g/mol. The molecule has 0 aromatic heterocycles. The molecule has 2 nitrogen and oxygen atoms in total. The average Bonchev–Trinajstić information content (AvgIpc) is 2.32. The molecule has 0 spiro atoms. The Hall–Kier alpha value is -1.02. The Kier molecular flexibility index (Phi) is 3.96. The lowest BCUT2D eigenvalue weighted by Gasteiger charge is -2.38. The van der Waals surface area contributed by atoms with Crippen molar-refractivity contribution in [3.8, 4) is 0 Å². The Morgan fingerprint density at radius 3 is 2.28 bits per heavy atom. The number of rotatable bonds is 3. The molecule has 0 atom stereocenters. The number of Topliss-reactive ketones (excluding diaryl/α,β-unsaturated/α-hetero) is 1. The van der Waals surface area contributed by atoms with Gasteiger partial charge in [0.05, 0.1) is 0 Å². The molecule has 1 aromatic carbocycles. The fourth-order valence-corrected chi connectivity index (χ4v) is 2.79. The largest absolute Gasteiger partial charge is 0.380 e. The molecule has 3 heteroatoms. The minimum atomic E-state index is 0.00846. The van der Waals surface area contributed by atoms with Gasteiger partial charge >= 0.3 is 0 Å². The number of hydrogen-bond acceptors (Lipinski definition) is 2. The van der Waals surface area contributed by atoms with Crippen molar-refractivity contribution >= 4 is 23.1 Å². The van der Waals surface area contributed by atoms with Gasteiger partial charge in [0.2, 0.25) is 0 Å². The van der Waals surface area contributed by atoms with Crippen LogP contribution in [-0.4, -0.2) is 11.3 Å². The third-order valence-corrected chi connectivity index (χ3v) is 4.13. The molecule has 1 aliphatic rings. The summed E-state index contributed by atoms with van der Waals surface area (Å²) in [7, 11) is 0. The molecule has 0 heterocycles. The Morgan fingerprint density at radius 1 is 1.17 bits per heavy atom. The lowest BCUT2D eigenvalue weighted by Crippen LogP contribution is -2.41. The number of carbonyl (C=O) groups excluding carboxylic acids is 1. The van der Waals surface area contributed by atoms with Crippen LogP contribution in [0.25, 0.3) is 0 Å². The standard InChI is InChI=1S/C15H20ClNO/c1-15(2,11-3-9-14(18)10-4-11)17-13-7-5-12(16)6-8-13/h5-8,11,17H,3-4,9-10H2,1-2H3. The fraction of sp³-hybridized carbons (Fsp3) is 0.533. The molecule has 1 saturated carbocycles. The van der Waals surface area contributed by atoms with Crippen LogP contribution in [0.1, 0.15) is 39.5 Å². The summed E-state index contributed by atoms with van der Waals surface area (Å²) in [5, 5.41) is 4.31. The highest BCUT2D eigenvalue weighted by molar-refractivity contribution is 6.30. The number of ketones is 1. The van der Waals surface area contributed by atoms with Crippen LogP contribution in [0.2, 0.25) is 5.02 Å². The first-order chi connectivity index (χ1) is 8.47. The first kappa shape index (κ1) is 13.4. The Morgan fingerprint density at radius 2 is 1.72 bits per heavy atom. The maximum atomic E-state index is 11.3. The Balaban J connectivity index is 2.02. The van der Waals surface area contributed by atoms with E-state index in [1.807, 2.05) is 24.3 Å². The number of halogens is 1. The van der Waals surface area contributed by atoms with Crippen LogP contribution < -0.4 is 5.32 Å². The summed E-state index contributed by atoms with van der Waals surface area (Å²) in [5.41, 5.74) is 1.09. The first-order valence-corrected chi connectivity index (χ1v) is 6.90. The van der Waals surface area contributed by atoms with E-state index in [-0.39, 0.29) is 5.54 Å². The van der Waals surface area contributed by atoms with Gasteiger partial charge in [-0.15, -0.1) is 0 Å². The number of nitrogens with one attached hydrogen (secondary N) is 1. The molecule has 1 fully saturated rings. The van der Waals surface area contributed by atoms with Crippen LogP contribution in [0.5, 0.6) is 0 Å². The molecule has 1 N–H and O–H groups in total. The minimum Gasteiger partial charge on any atom is -0.380 e. The molecule has 1 aliphatic carbocycles. The lowest BCUT2D eigenvalue weighted by molar-refractivity contribution is -0.121. The number of benzene rings is 1. The van der Waals surface area contributed by atoms with E-state index in [0.29, 0.717) is 11.7 Å². The van der Waals surface area contributed by atoms with Crippen LogP contribution in [0.15, 0.2) is 24.3 Å². The van der Waals surface area contributed by atoms with Crippen LogP contribution in [0.4, 0.5) is 5.69 Å². The quantitative estimate of drug-likeness (QED) is 0.883. The monoisotopic (exact) mass is 265 g/mol. The summed E-state index contributed by atoms with van der Waals surface area (Å²) >= 11 is 5.88. The molecule has 0 aliphatic heterocycles. The van der Waals surface area contributed by atoms with Gasteiger partial charge in [0.25, 0.3) is 0 Å². The van der Waals surface area contributed by atoms with E-state index in [0.717, 1.165) is 36.4 Å². The minimum absolute atomic E-state index is 0.00846. The van der Waals surface area contributed by atoms with Crippen molar-refractivity contribution in [1.29, 1.82) is 0 Å². The molecule has 0 unspecified atom stereocenters. The first-order valence-electron chi connectivity index (χ1n) is 6.53. The summed E-state index contributed by atoms with van der Waals surface area (Å²) in [5.74, 6) is 0.958. The smallest absolute Gasteiger partial charge is 0.132 e. The van der Waals surface area contributed by atoms with E-state index in [2.05, 4.69) is 19.2 Å². The Bertz CT molecular complexity index is 415. The van der Waals surface area contributed by atoms with Gasteiger partial charge in [-0.3, -0.25) is 4.79 Å². The van der Waals surface area contributed by atoms with Crippen LogP contribution >= 0.6 is 11.6 Å². The molecule has 0 bridgehead atoms. The topological polar surface area (TPSA) is 29.1 Å². The second kappa shape index (κ2) is 5.31. The van der Waals surface area contributed by atoms with Crippen molar-refractivity contribution in [3.05, 3.63) is 29.3 Å². The predicted octanol–water partition coefficient (Wildman–Crippen LogP) is 4.29. The number of anilines is 1. The van der Waals surface area contributed by atoms with Crippen molar-refractivity contribution < 1.29 is 4.79 Å². The lowest BCUT2D eigenvalue weighted by atomic mass is 9.76. The summed E-state index contributed by atoms with van der Waals surface area (Å²) in [6, 6.07) is 7.78. The molecule has 98 valence electrons. The highest BCUT2D eigenvalue weighted by Crippen LogP contribution is 2.33. The zero-order valence-electron chi connectivity index (χ0n) is 11.0. The second-order valence-electron chi connectivity index (χ2n) is 5.67. The van der Waals surface area contributed by atoms with Crippen molar-refractivity contribution in [1.82, 2.24) is 0 Å². The van der Waals surface area contributed by atoms with Gasteiger partial charge in [0, 0.05) is 29.1 Å². The van der Waals surface area contributed by atoms with Crippen molar-refractivity contribution in [2.75, 3.05) is 5.32 Å². The van der Waals surface area contributed by atoms with Gasteiger partial charge in [-0.25, -0.2) is 0 Å². The third-order valence-electron chi connectivity index (χ3n) is 3.87. The maximum absolute atomic E-state index is 11.3. The number of carbonyl (C=O) groups is 1. The molecule has 2 rings (SSSR count). The zero-order valence-corrected chi connectivity index (χ0v) is 11.8. The average molecular weight is 266 g/mol. The van der Waals surface area contributed by atoms with E-state index in [1.54, 1.807) is 0 Å². The van der Waals surface area contributed by atoms with Gasteiger partial charge in [-0.05, 0) is 56.9 Å². The van der Waals surface area contributed by atoms with Crippen LogP contribution in [0.3, 0.4) is 0 Å². The summed E-state index contributed by atoms with van der Waals surface area (Å²) in [6.45, 7) is 4.42. The van der Waals surface area contributed by atoms with E-state index in [1.165, 1.54) is 0 Å². The second-order valence-corrected chi connectivity index (χ2v) is 6.10. The van der Waals surface area contributed by atoms with Gasteiger partial charge in [0.15, 0.2) is 0 Å². The summed E-state index contributed by atoms with van der Waals surface area (Å²) < 4.78 is 0. The van der Waals surface area contributed by atoms with Crippen molar-refractivity contribution in [2.24, 2.45) is 5.92 Å². The van der Waals surface area contributed by atoms with E-state index >= 15 is 0 Å². The predicted molar refractivity (Wildman–Crippen MR) is 76.1 cm³/mol. The molecule has 18 heavy (non-hydrogen) atoms. The molecule has 0 saturated heterocycles. The summed E-state index contributed by atoms with van der Waals surface area (Å²) in [6.07, 6.45) is 3.45. The normalized spacial score (nSPS) is 17.8. The van der Waals surface area contributed by atoms with Crippen LogP contribution in [0, 0.1) is 5.92 Å². The summed E-state index contributed by atoms with van der Waals surface area (Å²) in [4.78, 5) is 11.3.